The van der Waals surface area contributed by atoms with Crippen LogP contribution in [0.2, 0.25) is 10.0 Å². The van der Waals surface area contributed by atoms with E-state index in [4.69, 9.17) is 23.2 Å². The summed E-state index contributed by atoms with van der Waals surface area (Å²) >= 11 is 15.1. The molecule has 1 amide bonds. The molecule has 128 valence electrons. The van der Waals surface area contributed by atoms with Crippen molar-refractivity contribution in [2.24, 2.45) is 0 Å². The lowest BCUT2D eigenvalue weighted by Crippen LogP contribution is -2.37. The number of benzene rings is 2. The molecule has 0 aliphatic heterocycles. The van der Waals surface area contributed by atoms with Crippen molar-refractivity contribution in [1.82, 2.24) is 0 Å². The number of amides is 1. The molecule has 0 spiro atoms. The van der Waals surface area contributed by atoms with E-state index in [9.17, 15) is 13.2 Å². The minimum Gasteiger partial charge on any atom is -0.325 e. The third-order valence-electron chi connectivity index (χ3n) is 3.01. The van der Waals surface area contributed by atoms with Crippen LogP contribution in [0.5, 0.6) is 0 Å². The molecule has 0 bridgehead atoms. The summed E-state index contributed by atoms with van der Waals surface area (Å²) in [5.41, 5.74) is 0.823. The summed E-state index contributed by atoms with van der Waals surface area (Å²) < 4.78 is 25.9. The molecule has 1 N–H and O–H groups in total. The molecule has 0 atom stereocenters. The number of halogens is 3. The highest BCUT2D eigenvalue weighted by Crippen LogP contribution is 2.28. The number of anilines is 2. The van der Waals surface area contributed by atoms with E-state index in [2.05, 4.69) is 21.2 Å². The number of nitrogens with one attached hydrogen (secondary N) is 1. The Balaban J connectivity index is 2.21. The first-order valence-electron chi connectivity index (χ1n) is 6.65. The van der Waals surface area contributed by atoms with Gasteiger partial charge in [0.25, 0.3) is 0 Å². The molecule has 0 saturated heterocycles. The minimum atomic E-state index is -3.68. The molecule has 5 nitrogen and oxygen atoms in total. The lowest BCUT2D eigenvalue weighted by Gasteiger charge is -2.22. The smallest absolute Gasteiger partial charge is 0.245 e. The maximum atomic E-state index is 12.2. The van der Waals surface area contributed by atoms with E-state index in [1.165, 1.54) is 18.2 Å². The van der Waals surface area contributed by atoms with Crippen LogP contribution in [-0.2, 0) is 14.8 Å². The van der Waals surface area contributed by atoms with Crippen LogP contribution < -0.4 is 9.62 Å². The molecule has 0 aromatic heterocycles. The third kappa shape index (κ3) is 5.11. The lowest BCUT2D eigenvalue weighted by molar-refractivity contribution is -0.114. The van der Waals surface area contributed by atoms with E-state index in [1.54, 1.807) is 24.3 Å². The summed E-state index contributed by atoms with van der Waals surface area (Å²) in [5, 5.41) is 3.15. The molecule has 0 aliphatic carbocycles. The van der Waals surface area contributed by atoms with E-state index >= 15 is 0 Å². The van der Waals surface area contributed by atoms with Crippen molar-refractivity contribution in [1.29, 1.82) is 0 Å². The molecular weight excluding hydrogens is 439 g/mol. The van der Waals surface area contributed by atoms with Gasteiger partial charge in [-0.15, -0.1) is 0 Å². The molecule has 0 fully saturated rings. The highest BCUT2D eigenvalue weighted by molar-refractivity contribution is 9.10. The Hall–Kier alpha value is -1.28. The SMILES string of the molecule is CS(=O)(=O)N(CC(=O)Nc1ccc(Br)cc1)c1ccc(Cl)c(Cl)c1. The normalized spacial score (nSPS) is 11.2. The molecule has 24 heavy (non-hydrogen) atoms. The molecule has 2 rings (SSSR count). The fourth-order valence-electron chi connectivity index (χ4n) is 1.90. The minimum absolute atomic E-state index is 0.205. The topological polar surface area (TPSA) is 66.5 Å². The summed E-state index contributed by atoms with van der Waals surface area (Å²) in [6.45, 7) is -0.382. The highest BCUT2D eigenvalue weighted by atomic mass is 79.9. The average Bonchev–Trinajstić information content (AvgIpc) is 2.49. The zero-order valence-corrected chi connectivity index (χ0v) is 16.4. The summed E-state index contributed by atoms with van der Waals surface area (Å²) in [5.74, 6) is -0.478. The summed E-state index contributed by atoms with van der Waals surface area (Å²) in [6.07, 6.45) is 1.02. The average molecular weight is 452 g/mol. The van der Waals surface area contributed by atoms with E-state index in [-0.39, 0.29) is 17.3 Å². The van der Waals surface area contributed by atoms with Crippen molar-refractivity contribution in [2.45, 2.75) is 0 Å². The predicted molar refractivity (Wildman–Crippen MR) is 101 cm³/mol. The van der Waals surface area contributed by atoms with Crippen LogP contribution in [0.15, 0.2) is 46.9 Å². The largest absolute Gasteiger partial charge is 0.325 e. The Kier molecular flexibility index (Phi) is 6.14. The molecule has 0 unspecified atom stereocenters. The van der Waals surface area contributed by atoms with Crippen molar-refractivity contribution in [3.8, 4) is 0 Å². The number of hydrogen-bond donors (Lipinski definition) is 1. The number of rotatable bonds is 5. The van der Waals surface area contributed by atoms with Crippen LogP contribution in [0.4, 0.5) is 11.4 Å². The van der Waals surface area contributed by atoms with Gasteiger partial charge >= 0.3 is 0 Å². The van der Waals surface area contributed by atoms with Gasteiger partial charge < -0.3 is 5.32 Å². The Labute approximate surface area is 158 Å². The van der Waals surface area contributed by atoms with Gasteiger partial charge in [0, 0.05) is 10.2 Å². The number of hydrogen-bond acceptors (Lipinski definition) is 3. The van der Waals surface area contributed by atoms with Crippen molar-refractivity contribution in [3.05, 3.63) is 57.0 Å². The zero-order valence-electron chi connectivity index (χ0n) is 12.5. The van der Waals surface area contributed by atoms with Gasteiger partial charge in [0.1, 0.15) is 6.54 Å². The number of nitrogens with zero attached hydrogens (tertiary/aromatic N) is 1. The van der Waals surface area contributed by atoms with Crippen molar-refractivity contribution >= 4 is 66.4 Å². The zero-order chi connectivity index (χ0) is 17.9. The van der Waals surface area contributed by atoms with Gasteiger partial charge in [-0.05, 0) is 42.5 Å². The van der Waals surface area contributed by atoms with Gasteiger partial charge in [-0.1, -0.05) is 39.1 Å². The van der Waals surface area contributed by atoms with Crippen LogP contribution in [0.25, 0.3) is 0 Å². The van der Waals surface area contributed by atoms with Gasteiger partial charge in [-0.2, -0.15) is 0 Å². The maximum Gasteiger partial charge on any atom is 0.245 e. The Morgan fingerprint density at radius 3 is 2.29 bits per heavy atom. The van der Waals surface area contributed by atoms with E-state index in [1.807, 2.05) is 0 Å². The maximum absolute atomic E-state index is 12.2. The van der Waals surface area contributed by atoms with Crippen LogP contribution in [0.1, 0.15) is 0 Å². The molecule has 2 aromatic carbocycles. The summed E-state index contributed by atoms with van der Waals surface area (Å²) in [4.78, 5) is 12.2. The first-order chi connectivity index (χ1) is 11.2. The fourth-order valence-corrected chi connectivity index (χ4v) is 3.31. The van der Waals surface area contributed by atoms with Gasteiger partial charge in [-0.25, -0.2) is 8.42 Å². The Bertz CT molecular complexity index is 858. The number of sulfonamides is 1. The lowest BCUT2D eigenvalue weighted by atomic mass is 10.3. The van der Waals surface area contributed by atoms with E-state index < -0.39 is 15.9 Å². The van der Waals surface area contributed by atoms with Gasteiger partial charge in [0.2, 0.25) is 15.9 Å². The van der Waals surface area contributed by atoms with Crippen LogP contribution in [0.3, 0.4) is 0 Å². The molecule has 0 heterocycles. The van der Waals surface area contributed by atoms with E-state index in [0.29, 0.717) is 10.7 Å². The summed E-state index contributed by atoms with van der Waals surface area (Å²) in [6, 6.07) is 11.3. The molecule has 2 aromatic rings. The van der Waals surface area contributed by atoms with Crippen molar-refractivity contribution in [2.75, 3.05) is 22.4 Å². The van der Waals surface area contributed by atoms with Crippen molar-refractivity contribution < 1.29 is 13.2 Å². The van der Waals surface area contributed by atoms with Gasteiger partial charge in [0.05, 0.1) is 22.0 Å². The van der Waals surface area contributed by atoms with Gasteiger partial charge in [-0.3, -0.25) is 9.10 Å². The second kappa shape index (κ2) is 7.74. The third-order valence-corrected chi connectivity index (χ3v) is 5.41. The van der Waals surface area contributed by atoms with Crippen LogP contribution in [-0.4, -0.2) is 27.1 Å². The van der Waals surface area contributed by atoms with Crippen LogP contribution in [0, 0.1) is 0 Å². The second-order valence-corrected chi connectivity index (χ2v) is 8.56. The number of carbonyl (C=O) groups is 1. The monoisotopic (exact) mass is 450 g/mol. The molecule has 9 heteroatoms. The molecular formula is C15H13BrCl2N2O3S. The van der Waals surface area contributed by atoms with Crippen molar-refractivity contribution in [3.63, 3.8) is 0 Å². The van der Waals surface area contributed by atoms with E-state index in [0.717, 1.165) is 15.0 Å². The summed E-state index contributed by atoms with van der Waals surface area (Å²) in [7, 11) is -3.68. The first kappa shape index (κ1) is 19.1. The fraction of sp³-hybridized carbons (Fsp3) is 0.133. The predicted octanol–water partition coefficient (Wildman–Crippen LogP) is 4.16. The quantitative estimate of drug-likeness (QED) is 0.741. The number of carbonyl (C=O) groups excluding carboxylic acids is 1. The van der Waals surface area contributed by atoms with Crippen LogP contribution >= 0.6 is 39.1 Å². The Morgan fingerprint density at radius 1 is 1.12 bits per heavy atom. The first-order valence-corrected chi connectivity index (χ1v) is 10.0. The molecule has 0 saturated carbocycles. The standard InChI is InChI=1S/C15H13BrCl2N2O3S/c1-24(22,23)20(12-6-7-13(17)14(18)8-12)9-15(21)19-11-4-2-10(16)3-5-11/h2-8H,9H2,1H3,(H,19,21). The van der Waals surface area contributed by atoms with Gasteiger partial charge in [0.15, 0.2) is 0 Å². The molecule has 0 radical (unpaired) electrons. The Morgan fingerprint density at radius 2 is 1.75 bits per heavy atom. The molecule has 0 aliphatic rings. The second-order valence-electron chi connectivity index (χ2n) is 4.92. The highest BCUT2D eigenvalue weighted by Gasteiger charge is 2.21.